The molecule has 4 N–H and O–H groups in total. The minimum atomic E-state index is -0.667. The van der Waals surface area contributed by atoms with Crippen LogP contribution in [0.5, 0.6) is 5.75 Å². The van der Waals surface area contributed by atoms with E-state index in [9.17, 15) is 0 Å². The molecule has 25 heavy (non-hydrogen) atoms. The lowest BCUT2D eigenvalue weighted by Crippen LogP contribution is -2.32. The number of rotatable bonds is 6. The normalized spacial score (nSPS) is 15.3. The largest absolute Gasteiger partial charge is 0.494 e. The van der Waals surface area contributed by atoms with E-state index in [2.05, 4.69) is 44.3 Å². The van der Waals surface area contributed by atoms with Crippen LogP contribution in [-0.4, -0.2) is 47.3 Å². The third-order valence-corrected chi connectivity index (χ3v) is 4.52. The molecule has 0 fully saturated rings. The minimum absolute atomic E-state index is 0.0320. The summed E-state index contributed by atoms with van der Waals surface area (Å²) < 4.78 is 5.52. The molecule has 1 aliphatic rings. The van der Waals surface area contributed by atoms with Crippen LogP contribution in [0.25, 0.3) is 5.57 Å². The monoisotopic (exact) mass is 351 g/mol. The highest BCUT2D eigenvalue weighted by molar-refractivity contribution is 5.80. The van der Waals surface area contributed by atoms with Crippen molar-refractivity contribution in [1.82, 2.24) is 0 Å². The molecule has 5 nitrogen and oxygen atoms in total. The van der Waals surface area contributed by atoms with E-state index in [0.717, 1.165) is 5.75 Å². The van der Waals surface area contributed by atoms with Crippen molar-refractivity contribution in [2.45, 2.75) is 46.6 Å². The van der Waals surface area contributed by atoms with Crippen LogP contribution in [-0.2, 0) is 0 Å². The lowest BCUT2D eigenvalue weighted by atomic mass is 9.88. The number of allylic oxidation sites excluding steroid dienone is 1. The standard InChI is InChI=1S/C14H19NO.C6H14O3/c1-5-16-11-6-7-13-12(8-11)10(2)9-14(3,4)15-13;1-2-6(3-7,4-8)5-9/h6-9,15H,5H2,1-4H3;7-9H,2-5H2,1H3. The summed E-state index contributed by atoms with van der Waals surface area (Å²) in [5.41, 5.74) is 3.10. The molecular weight excluding hydrogens is 318 g/mol. The number of ether oxygens (including phenoxy) is 1. The molecule has 0 saturated carbocycles. The number of hydrogen-bond donors (Lipinski definition) is 4. The van der Waals surface area contributed by atoms with Gasteiger partial charge in [0.1, 0.15) is 5.75 Å². The number of fused-ring (bicyclic) bond motifs is 1. The van der Waals surface area contributed by atoms with E-state index in [1.807, 2.05) is 19.9 Å². The topological polar surface area (TPSA) is 82.0 Å². The van der Waals surface area contributed by atoms with Crippen LogP contribution >= 0.6 is 0 Å². The Kier molecular flexibility index (Phi) is 7.93. The Morgan fingerprint density at radius 1 is 1.08 bits per heavy atom. The van der Waals surface area contributed by atoms with Crippen LogP contribution in [0.2, 0.25) is 0 Å². The molecule has 0 aromatic heterocycles. The number of benzene rings is 1. The van der Waals surface area contributed by atoms with Crippen molar-refractivity contribution < 1.29 is 20.1 Å². The highest BCUT2D eigenvalue weighted by Gasteiger charge is 2.25. The third-order valence-electron chi connectivity index (χ3n) is 4.52. The Morgan fingerprint density at radius 2 is 1.68 bits per heavy atom. The van der Waals surface area contributed by atoms with E-state index < -0.39 is 5.41 Å². The fourth-order valence-electron chi connectivity index (χ4n) is 2.70. The number of aliphatic hydroxyl groups excluding tert-OH is 3. The van der Waals surface area contributed by atoms with Crippen LogP contribution in [0, 0.1) is 5.41 Å². The molecule has 1 aromatic rings. The molecule has 1 aromatic carbocycles. The zero-order valence-corrected chi connectivity index (χ0v) is 16.1. The Labute approximate surface area is 151 Å². The highest BCUT2D eigenvalue weighted by atomic mass is 16.5. The predicted octanol–water partition coefficient (Wildman–Crippen LogP) is 3.05. The van der Waals surface area contributed by atoms with E-state index in [4.69, 9.17) is 20.1 Å². The van der Waals surface area contributed by atoms with Gasteiger partial charge >= 0.3 is 0 Å². The summed E-state index contributed by atoms with van der Waals surface area (Å²) >= 11 is 0. The molecule has 0 saturated heterocycles. The van der Waals surface area contributed by atoms with Gasteiger partial charge in [0.2, 0.25) is 0 Å². The van der Waals surface area contributed by atoms with Gasteiger partial charge in [0.25, 0.3) is 0 Å². The van der Waals surface area contributed by atoms with Gasteiger partial charge in [-0.05, 0) is 57.9 Å². The average Bonchev–Trinajstić information content (AvgIpc) is 2.58. The number of aliphatic hydroxyl groups is 3. The molecule has 0 spiro atoms. The van der Waals surface area contributed by atoms with E-state index in [-0.39, 0.29) is 25.4 Å². The summed E-state index contributed by atoms with van der Waals surface area (Å²) in [6.07, 6.45) is 2.85. The summed E-state index contributed by atoms with van der Waals surface area (Å²) in [5, 5.41) is 29.5. The van der Waals surface area contributed by atoms with Gasteiger partial charge < -0.3 is 25.4 Å². The fraction of sp³-hybridized carbons (Fsp3) is 0.600. The molecule has 0 aliphatic carbocycles. The average molecular weight is 351 g/mol. The van der Waals surface area contributed by atoms with Crippen LogP contribution in [0.4, 0.5) is 5.69 Å². The lowest BCUT2D eigenvalue weighted by molar-refractivity contribution is 0.00304. The molecule has 1 heterocycles. The Balaban J connectivity index is 0.000000299. The zero-order chi connectivity index (χ0) is 19.1. The van der Waals surface area contributed by atoms with Gasteiger partial charge in [-0.1, -0.05) is 13.0 Å². The van der Waals surface area contributed by atoms with Crippen molar-refractivity contribution >= 4 is 11.3 Å². The second kappa shape index (κ2) is 9.22. The first-order chi connectivity index (χ1) is 11.8. The van der Waals surface area contributed by atoms with Gasteiger partial charge in [0.15, 0.2) is 0 Å². The van der Waals surface area contributed by atoms with Gasteiger partial charge in [-0.3, -0.25) is 0 Å². The maximum Gasteiger partial charge on any atom is 0.120 e. The number of hydrogen-bond acceptors (Lipinski definition) is 5. The molecule has 0 amide bonds. The lowest BCUT2D eigenvalue weighted by Gasteiger charge is -2.31. The Morgan fingerprint density at radius 3 is 2.12 bits per heavy atom. The molecule has 0 atom stereocenters. The van der Waals surface area contributed by atoms with E-state index in [0.29, 0.717) is 13.0 Å². The number of anilines is 1. The fourth-order valence-corrected chi connectivity index (χ4v) is 2.70. The zero-order valence-electron chi connectivity index (χ0n) is 16.1. The summed E-state index contributed by atoms with van der Waals surface area (Å²) in [7, 11) is 0. The van der Waals surface area contributed by atoms with Crippen molar-refractivity contribution in [3.63, 3.8) is 0 Å². The van der Waals surface area contributed by atoms with E-state index >= 15 is 0 Å². The van der Waals surface area contributed by atoms with Crippen molar-refractivity contribution in [1.29, 1.82) is 0 Å². The van der Waals surface area contributed by atoms with E-state index in [1.165, 1.54) is 16.8 Å². The van der Waals surface area contributed by atoms with Crippen LogP contribution in [0.1, 0.15) is 46.6 Å². The van der Waals surface area contributed by atoms with E-state index in [1.54, 1.807) is 0 Å². The molecule has 0 radical (unpaired) electrons. The molecule has 2 rings (SSSR count). The summed E-state index contributed by atoms with van der Waals surface area (Å²) in [5.74, 6) is 0.940. The molecule has 0 bridgehead atoms. The van der Waals surface area contributed by atoms with Crippen molar-refractivity contribution in [2.24, 2.45) is 5.41 Å². The number of nitrogens with one attached hydrogen (secondary N) is 1. The van der Waals surface area contributed by atoms with Crippen molar-refractivity contribution in [3.8, 4) is 5.75 Å². The van der Waals surface area contributed by atoms with Crippen LogP contribution in [0.3, 0.4) is 0 Å². The van der Waals surface area contributed by atoms with Gasteiger partial charge in [0.05, 0.1) is 32.0 Å². The summed E-state index contributed by atoms with van der Waals surface area (Å²) in [4.78, 5) is 0. The highest BCUT2D eigenvalue weighted by Crippen LogP contribution is 2.35. The third kappa shape index (κ3) is 5.73. The quantitative estimate of drug-likeness (QED) is 0.633. The Bertz CT molecular complexity index is 560. The molecule has 0 unspecified atom stereocenters. The maximum absolute atomic E-state index is 8.66. The van der Waals surface area contributed by atoms with Gasteiger partial charge in [-0.15, -0.1) is 0 Å². The van der Waals surface area contributed by atoms with Crippen LogP contribution in [0.15, 0.2) is 24.3 Å². The molecule has 1 aliphatic heterocycles. The first-order valence-electron chi connectivity index (χ1n) is 8.84. The maximum atomic E-state index is 8.66. The summed E-state index contributed by atoms with van der Waals surface area (Å²) in [6.45, 7) is 10.6. The molecule has 142 valence electrons. The SMILES string of the molecule is CCC(CO)(CO)CO.CCOc1ccc2c(c1)C(C)=CC(C)(C)N2. The van der Waals surface area contributed by atoms with Crippen molar-refractivity contribution in [2.75, 3.05) is 31.7 Å². The predicted molar refractivity (Wildman–Crippen MR) is 103 cm³/mol. The minimum Gasteiger partial charge on any atom is -0.494 e. The Hall–Kier alpha value is -1.56. The first-order valence-corrected chi connectivity index (χ1v) is 8.84. The summed E-state index contributed by atoms with van der Waals surface area (Å²) in [6, 6.07) is 6.22. The first kappa shape index (κ1) is 21.5. The van der Waals surface area contributed by atoms with Gasteiger partial charge in [-0.25, -0.2) is 0 Å². The molecule has 5 heteroatoms. The molecular formula is C20H33NO4. The second-order valence-electron chi connectivity index (χ2n) is 7.14. The van der Waals surface area contributed by atoms with Gasteiger partial charge in [-0.2, -0.15) is 0 Å². The van der Waals surface area contributed by atoms with Gasteiger partial charge in [0, 0.05) is 16.7 Å². The van der Waals surface area contributed by atoms with Crippen molar-refractivity contribution in [3.05, 3.63) is 29.8 Å². The second-order valence-corrected chi connectivity index (χ2v) is 7.14. The smallest absolute Gasteiger partial charge is 0.120 e. The van der Waals surface area contributed by atoms with Crippen LogP contribution < -0.4 is 10.1 Å².